The van der Waals surface area contributed by atoms with Gasteiger partial charge in [0.05, 0.1) is 17.6 Å². The van der Waals surface area contributed by atoms with E-state index < -0.39 is 41.3 Å². The molecule has 2 amide bonds. The molecule has 7 nitrogen and oxygen atoms in total. The van der Waals surface area contributed by atoms with Gasteiger partial charge in [-0.15, -0.1) is 0 Å². The number of ether oxygens (including phenoxy) is 1. The van der Waals surface area contributed by atoms with Gasteiger partial charge < -0.3 is 19.9 Å². The molecule has 0 radical (unpaired) electrons. The molecule has 1 aromatic carbocycles. The maximum atomic E-state index is 14.3. The lowest BCUT2D eigenvalue weighted by molar-refractivity contribution is -0.196. The zero-order valence-corrected chi connectivity index (χ0v) is 24.5. The molecule has 2 atom stereocenters. The molecule has 222 valence electrons. The average molecular weight is 573 g/mol. The van der Waals surface area contributed by atoms with Crippen LogP contribution < -0.4 is 5.32 Å². The Morgan fingerprint density at radius 3 is 2.34 bits per heavy atom. The number of nitrogens with zero attached hydrogens (tertiary/aromatic N) is 3. The van der Waals surface area contributed by atoms with Crippen LogP contribution in [-0.2, 0) is 21.4 Å². The molecular weight excluding hydrogens is 533 g/mol. The quantitative estimate of drug-likeness (QED) is 0.459. The van der Waals surface area contributed by atoms with E-state index in [2.05, 4.69) is 36.3 Å². The minimum absolute atomic E-state index is 0.0629. The van der Waals surface area contributed by atoms with Crippen LogP contribution in [0.2, 0.25) is 0 Å². The molecule has 5 rings (SSSR count). The van der Waals surface area contributed by atoms with Gasteiger partial charge >= 0.3 is 12.3 Å². The summed E-state index contributed by atoms with van der Waals surface area (Å²) in [5.74, 6) is -1.19. The molecule has 2 aromatic rings. The van der Waals surface area contributed by atoms with Crippen molar-refractivity contribution in [2.75, 3.05) is 18.9 Å². The van der Waals surface area contributed by atoms with Crippen LogP contribution in [0.5, 0.6) is 0 Å². The molecule has 3 aliphatic rings. The van der Waals surface area contributed by atoms with Gasteiger partial charge in [-0.25, -0.2) is 4.79 Å². The molecule has 10 heteroatoms. The topological polar surface area (TPSA) is 74.8 Å². The van der Waals surface area contributed by atoms with Gasteiger partial charge in [-0.05, 0) is 69.7 Å². The van der Waals surface area contributed by atoms with E-state index in [4.69, 9.17) is 4.74 Å². The van der Waals surface area contributed by atoms with Crippen LogP contribution in [0.15, 0.2) is 42.6 Å². The molecule has 1 saturated heterocycles. The number of fused-ring (bicyclic) bond motifs is 1. The van der Waals surface area contributed by atoms with E-state index in [1.54, 1.807) is 31.7 Å². The lowest BCUT2D eigenvalue weighted by Crippen LogP contribution is -2.70. The molecule has 2 aliphatic carbocycles. The van der Waals surface area contributed by atoms with Crippen molar-refractivity contribution in [3.63, 3.8) is 0 Å². The number of halogens is 3. The number of hydrogen-bond donors (Lipinski definition) is 1. The Bertz CT molecular complexity index is 1310. The monoisotopic (exact) mass is 572 g/mol. The Balaban J connectivity index is 1.25. The Hall–Kier alpha value is -3.30. The molecule has 0 bridgehead atoms. The maximum Gasteiger partial charge on any atom is 0.414 e. The van der Waals surface area contributed by atoms with E-state index in [0.29, 0.717) is 31.5 Å². The molecular formula is C31H39F3N4O3. The van der Waals surface area contributed by atoms with Crippen LogP contribution in [0.3, 0.4) is 0 Å². The van der Waals surface area contributed by atoms with Gasteiger partial charge in [0, 0.05) is 36.5 Å². The van der Waals surface area contributed by atoms with Crippen LogP contribution in [0.4, 0.5) is 23.7 Å². The summed E-state index contributed by atoms with van der Waals surface area (Å²) in [5.41, 5.74) is 1.60. The zero-order chi connectivity index (χ0) is 30.0. The first-order chi connectivity index (χ1) is 19.0. The summed E-state index contributed by atoms with van der Waals surface area (Å²) in [7, 11) is 1.18. The number of amides is 2. The molecule has 1 spiro atoms. The van der Waals surface area contributed by atoms with E-state index in [1.807, 2.05) is 12.1 Å². The van der Waals surface area contributed by atoms with Crippen molar-refractivity contribution in [3.8, 4) is 0 Å². The van der Waals surface area contributed by atoms with Crippen molar-refractivity contribution in [2.45, 2.75) is 95.1 Å². The van der Waals surface area contributed by atoms with Crippen LogP contribution in [0.25, 0.3) is 0 Å². The van der Waals surface area contributed by atoms with Crippen LogP contribution in [-0.4, -0.2) is 63.7 Å². The summed E-state index contributed by atoms with van der Waals surface area (Å²) >= 11 is 0. The number of alkyl halides is 3. The first-order valence-electron chi connectivity index (χ1n) is 14.2. The summed E-state index contributed by atoms with van der Waals surface area (Å²) in [6.07, 6.45) is -1.56. The van der Waals surface area contributed by atoms with Crippen molar-refractivity contribution < 1.29 is 27.5 Å². The number of nitrogens with one attached hydrogen (secondary N) is 1. The number of carbonyl (C=O) groups excluding carboxylic acids is 2. The lowest BCUT2D eigenvalue weighted by Gasteiger charge is -2.60. The van der Waals surface area contributed by atoms with E-state index in [-0.39, 0.29) is 17.2 Å². The normalized spacial score (nSPS) is 25.5. The highest BCUT2D eigenvalue weighted by Gasteiger charge is 2.60. The van der Waals surface area contributed by atoms with E-state index in [0.717, 1.165) is 11.3 Å². The minimum Gasteiger partial charge on any atom is -0.444 e. The lowest BCUT2D eigenvalue weighted by atomic mass is 9.61. The van der Waals surface area contributed by atoms with E-state index in [1.165, 1.54) is 30.4 Å². The van der Waals surface area contributed by atoms with E-state index in [9.17, 15) is 22.8 Å². The van der Waals surface area contributed by atoms with Crippen LogP contribution in [0, 0.1) is 5.92 Å². The van der Waals surface area contributed by atoms with Gasteiger partial charge in [-0.2, -0.15) is 13.2 Å². The maximum absolute atomic E-state index is 14.3. The van der Waals surface area contributed by atoms with Crippen molar-refractivity contribution in [3.05, 3.63) is 59.4 Å². The molecule has 1 aliphatic heterocycles. The Morgan fingerprint density at radius 2 is 1.80 bits per heavy atom. The molecule has 2 heterocycles. The zero-order valence-electron chi connectivity index (χ0n) is 24.5. The Morgan fingerprint density at radius 1 is 1.12 bits per heavy atom. The standard InChI is InChI=1S/C31H39F3N4O3/c1-28(2,3)41-27(40)38-14-13-30(38)16-20(17-30)26(39)37(6)25(31(32,33)34)23-12-11-21(18-35-23)36-24-15-19-9-7-8-10-22(19)29(24,4)5/h7-12,18,20,24-25,36H,13-17H2,1-6H3/t20?,24?,25-,30?/m0/s1. The molecule has 1 aromatic heterocycles. The van der Waals surface area contributed by atoms with Gasteiger partial charge in [0.2, 0.25) is 5.91 Å². The number of benzene rings is 1. The second kappa shape index (κ2) is 9.91. The molecule has 1 unspecified atom stereocenters. The minimum atomic E-state index is -4.71. The summed E-state index contributed by atoms with van der Waals surface area (Å²) in [4.78, 5) is 32.4. The summed E-state index contributed by atoms with van der Waals surface area (Å²) in [6, 6.07) is 9.08. The fourth-order valence-corrected chi connectivity index (χ4v) is 6.67. The van der Waals surface area contributed by atoms with Crippen molar-refractivity contribution in [1.29, 1.82) is 0 Å². The first-order valence-corrected chi connectivity index (χ1v) is 14.2. The van der Waals surface area contributed by atoms with Crippen LogP contribution in [0.1, 0.15) is 76.7 Å². The summed E-state index contributed by atoms with van der Waals surface area (Å²) < 4.78 is 48.4. The molecule has 1 N–H and O–H groups in total. The summed E-state index contributed by atoms with van der Waals surface area (Å²) in [5, 5.41) is 3.45. The average Bonchev–Trinajstić information content (AvgIpc) is 3.06. The second-order valence-corrected chi connectivity index (χ2v) is 13.4. The number of pyridine rings is 1. The predicted octanol–water partition coefficient (Wildman–Crippen LogP) is 6.25. The predicted molar refractivity (Wildman–Crippen MR) is 149 cm³/mol. The van der Waals surface area contributed by atoms with Gasteiger partial charge in [-0.1, -0.05) is 38.1 Å². The number of likely N-dealkylation sites (tertiary alicyclic amines) is 1. The smallest absolute Gasteiger partial charge is 0.414 e. The highest BCUT2D eigenvalue weighted by molar-refractivity contribution is 5.81. The third kappa shape index (κ3) is 5.37. The molecule has 2 fully saturated rings. The third-order valence-electron chi connectivity index (χ3n) is 9.05. The summed E-state index contributed by atoms with van der Waals surface area (Å²) in [6.45, 7) is 10.2. The van der Waals surface area contributed by atoms with Crippen LogP contribution >= 0.6 is 0 Å². The number of anilines is 1. The fraction of sp³-hybridized carbons (Fsp3) is 0.581. The Kier molecular flexibility index (Phi) is 7.06. The SMILES string of the molecule is CN(C(=O)C1CC2(CCN2C(=O)OC(C)(C)C)C1)[C@@H](c1ccc(NC2Cc3ccccc3C2(C)C)cn1)C(F)(F)F. The van der Waals surface area contributed by atoms with E-state index >= 15 is 0 Å². The fourth-order valence-electron chi connectivity index (χ4n) is 6.67. The second-order valence-electron chi connectivity index (χ2n) is 13.4. The van der Waals surface area contributed by atoms with Gasteiger partial charge in [-0.3, -0.25) is 9.78 Å². The first kappa shape index (κ1) is 29.2. The number of carbonyl (C=O) groups is 2. The molecule has 1 saturated carbocycles. The third-order valence-corrected chi connectivity index (χ3v) is 9.05. The van der Waals surface area contributed by atoms with Gasteiger partial charge in [0.1, 0.15) is 5.60 Å². The highest BCUT2D eigenvalue weighted by Crippen LogP contribution is 2.52. The number of rotatable bonds is 5. The number of hydrogen-bond acceptors (Lipinski definition) is 5. The Labute approximate surface area is 239 Å². The van der Waals surface area contributed by atoms with Gasteiger partial charge in [0.15, 0.2) is 6.04 Å². The van der Waals surface area contributed by atoms with Gasteiger partial charge in [0.25, 0.3) is 0 Å². The highest BCUT2D eigenvalue weighted by atomic mass is 19.4. The van der Waals surface area contributed by atoms with Crippen molar-refractivity contribution >= 4 is 17.7 Å². The molecule has 41 heavy (non-hydrogen) atoms. The largest absolute Gasteiger partial charge is 0.444 e. The van der Waals surface area contributed by atoms with Crippen molar-refractivity contribution in [2.24, 2.45) is 5.92 Å². The number of aromatic nitrogens is 1. The van der Waals surface area contributed by atoms with Crippen molar-refractivity contribution in [1.82, 2.24) is 14.8 Å².